The van der Waals surface area contributed by atoms with Gasteiger partial charge in [0.2, 0.25) is 0 Å². The first-order valence-electron chi connectivity index (χ1n) is 13.3. The maximum absolute atomic E-state index is 4.57. The summed E-state index contributed by atoms with van der Waals surface area (Å²) in [5.74, 6) is 1.50. The number of piperidine rings is 1. The van der Waals surface area contributed by atoms with Crippen molar-refractivity contribution in [3.63, 3.8) is 0 Å². The fourth-order valence-electron chi connectivity index (χ4n) is 4.85. The van der Waals surface area contributed by atoms with Crippen LogP contribution in [-0.4, -0.2) is 24.5 Å². The highest BCUT2D eigenvalue weighted by Crippen LogP contribution is 2.43. The zero-order chi connectivity index (χ0) is 27.2. The second-order valence-electron chi connectivity index (χ2n) is 10.2. The third kappa shape index (κ3) is 9.96. The summed E-state index contributed by atoms with van der Waals surface area (Å²) >= 11 is 0. The van der Waals surface area contributed by atoms with Gasteiger partial charge in [0.1, 0.15) is 0 Å². The molecule has 0 aromatic heterocycles. The Balaban J connectivity index is 0.00000274. The van der Waals surface area contributed by atoms with Gasteiger partial charge in [0.15, 0.2) is 0 Å². The molecule has 1 N–H and O–H groups in total. The lowest BCUT2D eigenvalue weighted by atomic mass is 9.70. The lowest BCUT2D eigenvalue weighted by Gasteiger charge is -2.48. The monoisotopic (exact) mass is 478 g/mol. The SMILES string of the molecule is C=C.C=C/C(=C\C)CC(=C)NCC(C(=C)N1CCC(c2ccc(C)cc2)C(C)(C)C1)C(C)C.CC. The van der Waals surface area contributed by atoms with Crippen LogP contribution in [0.3, 0.4) is 0 Å². The van der Waals surface area contributed by atoms with E-state index in [0.717, 1.165) is 31.8 Å². The topological polar surface area (TPSA) is 15.3 Å². The predicted octanol–water partition coefficient (Wildman–Crippen LogP) is 9.05. The molecular formula is C33H54N2. The van der Waals surface area contributed by atoms with Crippen molar-refractivity contribution in [1.29, 1.82) is 0 Å². The molecule has 2 rings (SSSR count). The number of allylic oxidation sites excluding steroid dienone is 3. The number of rotatable bonds is 10. The zero-order valence-corrected chi connectivity index (χ0v) is 24.2. The minimum atomic E-state index is 0.208. The average molecular weight is 479 g/mol. The summed E-state index contributed by atoms with van der Waals surface area (Å²) in [5.41, 5.74) is 6.53. The molecule has 2 unspecified atom stereocenters. The van der Waals surface area contributed by atoms with Crippen molar-refractivity contribution in [2.75, 3.05) is 19.6 Å². The smallest absolute Gasteiger partial charge is 0.0232 e. The minimum Gasteiger partial charge on any atom is -0.388 e. The largest absolute Gasteiger partial charge is 0.388 e. The van der Waals surface area contributed by atoms with Crippen LogP contribution in [0.2, 0.25) is 0 Å². The van der Waals surface area contributed by atoms with Crippen LogP contribution in [0.5, 0.6) is 0 Å². The molecule has 0 aliphatic carbocycles. The quantitative estimate of drug-likeness (QED) is 0.266. The summed E-state index contributed by atoms with van der Waals surface area (Å²) < 4.78 is 0. The maximum Gasteiger partial charge on any atom is 0.0232 e. The third-order valence-electron chi connectivity index (χ3n) is 6.97. The second kappa shape index (κ2) is 16.2. The number of hydrogen-bond donors (Lipinski definition) is 1. The molecule has 0 amide bonds. The summed E-state index contributed by atoms with van der Waals surface area (Å²) in [7, 11) is 0. The van der Waals surface area contributed by atoms with Gasteiger partial charge in [-0.1, -0.05) is 103 Å². The molecule has 1 saturated heterocycles. The van der Waals surface area contributed by atoms with E-state index in [4.69, 9.17) is 0 Å². The lowest BCUT2D eigenvalue weighted by Crippen LogP contribution is -2.46. The second-order valence-corrected chi connectivity index (χ2v) is 10.2. The maximum atomic E-state index is 4.57. The zero-order valence-electron chi connectivity index (χ0n) is 24.2. The van der Waals surface area contributed by atoms with Crippen molar-refractivity contribution in [2.45, 2.75) is 74.1 Å². The van der Waals surface area contributed by atoms with Crippen LogP contribution in [0.1, 0.15) is 78.4 Å². The molecule has 2 nitrogen and oxygen atoms in total. The van der Waals surface area contributed by atoms with E-state index in [1.807, 2.05) is 26.8 Å². The Morgan fingerprint density at radius 1 is 1.14 bits per heavy atom. The minimum absolute atomic E-state index is 0.208. The van der Waals surface area contributed by atoms with Crippen LogP contribution in [-0.2, 0) is 0 Å². The number of benzene rings is 1. The van der Waals surface area contributed by atoms with Gasteiger partial charge in [0, 0.05) is 43.4 Å². The van der Waals surface area contributed by atoms with Crippen molar-refractivity contribution in [3.8, 4) is 0 Å². The first-order valence-corrected chi connectivity index (χ1v) is 13.3. The highest BCUT2D eigenvalue weighted by Gasteiger charge is 2.38. The van der Waals surface area contributed by atoms with Crippen LogP contribution in [0.25, 0.3) is 0 Å². The molecule has 0 bridgehead atoms. The van der Waals surface area contributed by atoms with E-state index in [0.29, 0.717) is 17.8 Å². The number of nitrogens with one attached hydrogen (secondary N) is 1. The highest BCUT2D eigenvalue weighted by molar-refractivity contribution is 5.27. The predicted molar refractivity (Wildman–Crippen MR) is 160 cm³/mol. The average Bonchev–Trinajstić information content (AvgIpc) is 2.85. The molecule has 35 heavy (non-hydrogen) atoms. The van der Waals surface area contributed by atoms with Crippen LogP contribution in [0.4, 0.5) is 0 Å². The Morgan fingerprint density at radius 3 is 2.17 bits per heavy atom. The lowest BCUT2D eigenvalue weighted by molar-refractivity contribution is 0.106. The van der Waals surface area contributed by atoms with Gasteiger partial charge in [-0.25, -0.2) is 0 Å². The summed E-state index contributed by atoms with van der Waals surface area (Å²) in [6.45, 7) is 39.3. The van der Waals surface area contributed by atoms with Gasteiger partial charge in [0.05, 0.1) is 0 Å². The van der Waals surface area contributed by atoms with Crippen LogP contribution >= 0.6 is 0 Å². The van der Waals surface area contributed by atoms with Crippen LogP contribution in [0, 0.1) is 24.2 Å². The molecule has 1 aliphatic heterocycles. The summed E-state index contributed by atoms with van der Waals surface area (Å²) in [6, 6.07) is 9.13. The Bertz CT molecular complexity index is 810. The van der Waals surface area contributed by atoms with Gasteiger partial charge >= 0.3 is 0 Å². The molecule has 1 aromatic carbocycles. The highest BCUT2D eigenvalue weighted by atomic mass is 15.2. The number of nitrogens with zero attached hydrogens (tertiary/aromatic N) is 1. The number of likely N-dealkylation sites (tertiary alicyclic amines) is 1. The van der Waals surface area contributed by atoms with E-state index in [9.17, 15) is 0 Å². The standard InChI is InChI=1S/C29H44N2.C2H6.C2H4/c1-10-25(11-2)18-23(6)30-19-27(21(3)4)24(7)31-17-16-28(29(8,9)20-31)26-14-12-22(5)13-15-26;2*1-2/h10-15,21,27-28,30H,1,6-7,16-20H2,2-5,8-9H3;1-2H3;1-2H2/b25-11+;;. The van der Waals surface area contributed by atoms with E-state index in [2.05, 4.69) is 108 Å². The molecule has 2 heteroatoms. The molecule has 1 aromatic rings. The van der Waals surface area contributed by atoms with Gasteiger partial charge in [-0.15, -0.1) is 13.2 Å². The van der Waals surface area contributed by atoms with E-state index in [1.165, 1.54) is 28.8 Å². The molecule has 1 heterocycles. The summed E-state index contributed by atoms with van der Waals surface area (Å²) in [6.07, 6.45) is 6.00. The van der Waals surface area contributed by atoms with Gasteiger partial charge in [-0.05, 0) is 48.7 Å². The van der Waals surface area contributed by atoms with Crippen LogP contribution < -0.4 is 5.32 Å². The number of aryl methyl sites for hydroxylation is 1. The van der Waals surface area contributed by atoms with Crippen molar-refractivity contribution in [2.24, 2.45) is 17.3 Å². The summed E-state index contributed by atoms with van der Waals surface area (Å²) in [5, 5.41) is 3.57. The van der Waals surface area contributed by atoms with Crippen molar-refractivity contribution in [3.05, 3.63) is 97.4 Å². The van der Waals surface area contributed by atoms with Gasteiger partial charge in [-0.3, -0.25) is 0 Å². The fraction of sp³-hybridized carbons (Fsp3) is 0.515. The number of hydrogen-bond acceptors (Lipinski definition) is 2. The van der Waals surface area contributed by atoms with E-state index >= 15 is 0 Å². The Kier molecular flexibility index (Phi) is 15.1. The molecule has 0 radical (unpaired) electrons. The molecule has 2 atom stereocenters. The fourth-order valence-corrected chi connectivity index (χ4v) is 4.85. The molecule has 0 spiro atoms. The normalized spacial score (nSPS) is 17.8. The van der Waals surface area contributed by atoms with Crippen LogP contribution in [0.15, 0.2) is 86.3 Å². The van der Waals surface area contributed by atoms with Gasteiger partial charge in [-0.2, -0.15) is 0 Å². The van der Waals surface area contributed by atoms with E-state index in [-0.39, 0.29) is 5.41 Å². The first-order chi connectivity index (χ1) is 16.6. The molecular weight excluding hydrogens is 424 g/mol. The Hall–Kier alpha value is -2.48. The summed E-state index contributed by atoms with van der Waals surface area (Å²) in [4.78, 5) is 2.54. The molecule has 0 saturated carbocycles. The molecule has 196 valence electrons. The van der Waals surface area contributed by atoms with Crippen molar-refractivity contribution < 1.29 is 0 Å². The van der Waals surface area contributed by atoms with E-state index in [1.54, 1.807) is 0 Å². The van der Waals surface area contributed by atoms with E-state index < -0.39 is 0 Å². The first kappa shape index (κ1) is 32.5. The van der Waals surface area contributed by atoms with Gasteiger partial charge < -0.3 is 10.2 Å². The Morgan fingerprint density at radius 2 is 1.71 bits per heavy atom. The van der Waals surface area contributed by atoms with Gasteiger partial charge in [0.25, 0.3) is 0 Å². The molecule has 1 aliphatic rings. The van der Waals surface area contributed by atoms with Crippen molar-refractivity contribution in [1.82, 2.24) is 10.2 Å². The molecule has 1 fully saturated rings. The third-order valence-corrected chi connectivity index (χ3v) is 6.97. The van der Waals surface area contributed by atoms with Crippen molar-refractivity contribution >= 4 is 0 Å². The Labute approximate surface area is 218 Å².